The van der Waals surface area contributed by atoms with Gasteiger partial charge in [0.05, 0.1) is 0 Å². The van der Waals surface area contributed by atoms with E-state index in [2.05, 4.69) is 0 Å². The first kappa shape index (κ1) is 14.6. The average Bonchev–Trinajstić information content (AvgIpc) is 2.26. The third-order valence-electron chi connectivity index (χ3n) is 1.40. The summed E-state index contributed by atoms with van der Waals surface area (Å²) in [5.41, 5.74) is 5.90. The van der Waals surface area contributed by atoms with Crippen LogP contribution < -0.4 is 10.5 Å². The van der Waals surface area contributed by atoms with Crippen LogP contribution in [-0.2, 0) is 0 Å². The monoisotopic (exact) mass is 225 g/mol. The molecule has 90 valence electrons. The molecular weight excluding hydrogens is 206 g/mol. The number of ether oxygens (including phenoxy) is 1. The summed E-state index contributed by atoms with van der Waals surface area (Å²) in [6, 6.07) is 6.91. The maximum Gasteiger partial charge on any atom is 0.150 e. The van der Waals surface area contributed by atoms with Gasteiger partial charge in [-0.05, 0) is 38.1 Å². The quantitative estimate of drug-likeness (QED) is 0.756. The molecule has 0 fully saturated rings. The number of rotatable bonds is 4. The van der Waals surface area contributed by atoms with E-state index in [9.17, 15) is 4.79 Å². The van der Waals surface area contributed by atoms with Crippen molar-refractivity contribution in [3.05, 3.63) is 29.8 Å². The highest BCUT2D eigenvalue weighted by Gasteiger charge is 1.92. The fourth-order valence-electron chi connectivity index (χ4n) is 0.819. The van der Waals surface area contributed by atoms with Crippen molar-refractivity contribution < 1.29 is 14.6 Å². The molecule has 0 atom stereocenters. The summed E-state index contributed by atoms with van der Waals surface area (Å²) in [6.45, 7) is 4.44. The highest BCUT2D eigenvalue weighted by molar-refractivity contribution is 5.74. The second-order valence-electron chi connectivity index (χ2n) is 3.42. The lowest BCUT2D eigenvalue weighted by molar-refractivity contribution is 0.112. The van der Waals surface area contributed by atoms with Crippen molar-refractivity contribution in [2.45, 2.75) is 20.0 Å². The summed E-state index contributed by atoms with van der Waals surface area (Å²) in [4.78, 5) is 10.3. The minimum absolute atomic E-state index is 0.167. The average molecular weight is 225 g/mol. The Balaban J connectivity index is 0.000000487. The summed E-state index contributed by atoms with van der Waals surface area (Å²) in [5, 5.41) is 8.06. The van der Waals surface area contributed by atoms with Gasteiger partial charge in [-0.25, -0.2) is 0 Å². The lowest BCUT2D eigenvalue weighted by atomic mass is 10.2. The molecule has 0 heterocycles. The van der Waals surface area contributed by atoms with Gasteiger partial charge < -0.3 is 15.6 Å². The van der Waals surface area contributed by atoms with Gasteiger partial charge in [-0.2, -0.15) is 0 Å². The first-order chi connectivity index (χ1) is 7.60. The van der Waals surface area contributed by atoms with E-state index in [-0.39, 0.29) is 6.10 Å². The number of hydrogen-bond acceptors (Lipinski definition) is 4. The highest BCUT2D eigenvalue weighted by atomic mass is 16.5. The molecular formula is C12H19NO3. The van der Waals surface area contributed by atoms with E-state index in [0.29, 0.717) is 18.7 Å². The number of hydrogen-bond donors (Lipinski definition) is 2. The van der Waals surface area contributed by atoms with Gasteiger partial charge in [0.25, 0.3) is 0 Å². The van der Waals surface area contributed by atoms with E-state index in [0.717, 1.165) is 12.0 Å². The van der Waals surface area contributed by atoms with Crippen LogP contribution in [0.4, 0.5) is 0 Å². The molecule has 0 aliphatic heterocycles. The number of nitrogens with two attached hydrogens (primary N) is 1. The molecule has 1 aromatic carbocycles. The first-order valence-corrected chi connectivity index (χ1v) is 5.16. The molecule has 0 unspecified atom stereocenters. The van der Waals surface area contributed by atoms with Gasteiger partial charge in [-0.1, -0.05) is 0 Å². The Labute approximate surface area is 96.0 Å². The largest absolute Gasteiger partial charge is 0.492 e. The molecule has 0 saturated heterocycles. The summed E-state index contributed by atoms with van der Waals surface area (Å²) < 4.78 is 5.21. The van der Waals surface area contributed by atoms with Crippen LogP contribution in [0, 0.1) is 0 Å². The van der Waals surface area contributed by atoms with E-state index in [1.54, 1.807) is 38.1 Å². The SMILES string of the molecule is CC(C)O.NCCOc1ccc(C=O)cc1. The van der Waals surface area contributed by atoms with Crippen LogP contribution in [0.2, 0.25) is 0 Å². The van der Waals surface area contributed by atoms with Crippen molar-refractivity contribution in [1.29, 1.82) is 0 Å². The Bertz CT molecular complexity index is 280. The van der Waals surface area contributed by atoms with E-state index in [1.807, 2.05) is 0 Å². The summed E-state index contributed by atoms with van der Waals surface area (Å²) in [5.74, 6) is 0.742. The van der Waals surface area contributed by atoms with Crippen LogP contribution in [0.1, 0.15) is 24.2 Å². The normalized spacial score (nSPS) is 9.31. The van der Waals surface area contributed by atoms with Crippen molar-refractivity contribution in [1.82, 2.24) is 0 Å². The summed E-state index contributed by atoms with van der Waals surface area (Å²) >= 11 is 0. The van der Waals surface area contributed by atoms with Gasteiger partial charge >= 0.3 is 0 Å². The molecule has 4 nitrogen and oxygen atoms in total. The van der Waals surface area contributed by atoms with Gasteiger partial charge in [0.1, 0.15) is 18.6 Å². The molecule has 16 heavy (non-hydrogen) atoms. The zero-order valence-corrected chi connectivity index (χ0v) is 9.72. The van der Waals surface area contributed by atoms with Crippen LogP contribution in [-0.4, -0.2) is 30.6 Å². The van der Waals surface area contributed by atoms with Crippen LogP contribution in [0.5, 0.6) is 5.75 Å². The third kappa shape index (κ3) is 7.96. The van der Waals surface area contributed by atoms with Crippen LogP contribution in [0.3, 0.4) is 0 Å². The Kier molecular flexibility index (Phi) is 8.11. The Morgan fingerprint density at radius 3 is 2.25 bits per heavy atom. The van der Waals surface area contributed by atoms with Crippen molar-refractivity contribution in [2.24, 2.45) is 5.73 Å². The van der Waals surface area contributed by atoms with Crippen molar-refractivity contribution in [3.8, 4) is 5.75 Å². The summed E-state index contributed by atoms with van der Waals surface area (Å²) in [6.07, 6.45) is 0.632. The number of carbonyl (C=O) groups is 1. The minimum Gasteiger partial charge on any atom is -0.492 e. The number of aliphatic hydroxyl groups is 1. The molecule has 0 aliphatic carbocycles. The van der Waals surface area contributed by atoms with E-state index in [1.165, 1.54) is 0 Å². The lowest BCUT2D eigenvalue weighted by Crippen LogP contribution is -2.10. The molecule has 1 rings (SSSR count). The fourth-order valence-corrected chi connectivity index (χ4v) is 0.819. The van der Waals surface area contributed by atoms with E-state index in [4.69, 9.17) is 15.6 Å². The van der Waals surface area contributed by atoms with Crippen LogP contribution in [0.25, 0.3) is 0 Å². The molecule has 0 aromatic heterocycles. The van der Waals surface area contributed by atoms with Crippen LogP contribution >= 0.6 is 0 Å². The van der Waals surface area contributed by atoms with Gasteiger partial charge in [0, 0.05) is 18.2 Å². The van der Waals surface area contributed by atoms with Crippen LogP contribution in [0.15, 0.2) is 24.3 Å². The second kappa shape index (κ2) is 8.88. The predicted molar refractivity (Wildman–Crippen MR) is 63.7 cm³/mol. The number of carbonyl (C=O) groups excluding carboxylic acids is 1. The zero-order valence-electron chi connectivity index (χ0n) is 9.72. The topological polar surface area (TPSA) is 72.6 Å². The van der Waals surface area contributed by atoms with Gasteiger partial charge in [0.15, 0.2) is 0 Å². The summed E-state index contributed by atoms with van der Waals surface area (Å²) in [7, 11) is 0. The Hall–Kier alpha value is -1.39. The molecule has 4 heteroatoms. The number of aldehydes is 1. The van der Waals surface area contributed by atoms with E-state index >= 15 is 0 Å². The molecule has 1 aromatic rings. The maximum atomic E-state index is 10.3. The molecule has 0 amide bonds. The number of benzene rings is 1. The molecule has 0 radical (unpaired) electrons. The fraction of sp³-hybridized carbons (Fsp3) is 0.417. The Morgan fingerprint density at radius 2 is 1.88 bits per heavy atom. The van der Waals surface area contributed by atoms with Crippen molar-refractivity contribution in [2.75, 3.05) is 13.2 Å². The van der Waals surface area contributed by atoms with Crippen molar-refractivity contribution >= 4 is 6.29 Å². The lowest BCUT2D eigenvalue weighted by Gasteiger charge is -2.02. The van der Waals surface area contributed by atoms with Gasteiger partial charge in [-0.3, -0.25) is 4.79 Å². The second-order valence-corrected chi connectivity index (χ2v) is 3.42. The third-order valence-corrected chi connectivity index (χ3v) is 1.40. The first-order valence-electron chi connectivity index (χ1n) is 5.16. The standard InChI is InChI=1S/C9H11NO2.C3H8O/c10-5-6-12-9-3-1-8(7-11)2-4-9;1-3(2)4/h1-4,7H,5-6,10H2;3-4H,1-2H3. The molecule has 3 N–H and O–H groups in total. The van der Waals surface area contributed by atoms with Crippen molar-refractivity contribution in [3.63, 3.8) is 0 Å². The number of aliphatic hydroxyl groups excluding tert-OH is 1. The maximum absolute atomic E-state index is 10.3. The van der Waals surface area contributed by atoms with E-state index < -0.39 is 0 Å². The molecule has 0 spiro atoms. The highest BCUT2D eigenvalue weighted by Crippen LogP contribution is 2.10. The molecule has 0 aliphatic rings. The molecule has 0 saturated carbocycles. The van der Waals surface area contributed by atoms with Gasteiger partial charge in [0.2, 0.25) is 0 Å². The smallest absolute Gasteiger partial charge is 0.150 e. The predicted octanol–water partition coefficient (Wildman–Crippen LogP) is 1.22. The Morgan fingerprint density at radius 1 is 1.38 bits per heavy atom. The molecule has 0 bridgehead atoms. The minimum atomic E-state index is -0.167. The van der Waals surface area contributed by atoms with Gasteiger partial charge in [-0.15, -0.1) is 0 Å². The zero-order chi connectivity index (χ0) is 12.4.